The number of hydrogen-bond donors (Lipinski definition) is 2. The number of halogens is 1. The van der Waals surface area contributed by atoms with E-state index in [1.54, 1.807) is 0 Å². The van der Waals surface area contributed by atoms with Crippen LogP contribution in [0.4, 0.5) is 21.8 Å². The standard InChI is InChI=1S/C22H25FN5O4/c1-26-6-2-3-14-18(26)24-21(25-19(14)31)27-7-4-22(5-8-27)17-15(23)11-13(30)12-16(17)28(9-10-29)20(22)32/h11-12,29H,2-10H2,1H3,(H,24,25,31). The third kappa shape index (κ3) is 2.96. The lowest BCUT2D eigenvalue weighted by Gasteiger charge is -2.39. The highest BCUT2D eigenvalue weighted by Gasteiger charge is 2.54. The SMILES string of the molecule is CN1CCCc2c1nc(N1CCC3(CC1)C(=O)N(CCO)c1cc([O])cc(F)c13)[nH]c2=O. The summed E-state index contributed by atoms with van der Waals surface area (Å²) >= 11 is 0. The third-order valence-electron chi connectivity index (χ3n) is 6.97. The normalized spacial score (nSPS) is 19.5. The van der Waals surface area contributed by atoms with Crippen molar-refractivity contribution in [2.75, 3.05) is 54.5 Å². The number of carbonyl (C=O) groups is 1. The van der Waals surface area contributed by atoms with Crippen LogP contribution in [0.2, 0.25) is 0 Å². The number of amides is 1. The molecule has 0 saturated carbocycles. The van der Waals surface area contributed by atoms with Gasteiger partial charge in [-0.3, -0.25) is 19.7 Å². The molecule has 1 fully saturated rings. The van der Waals surface area contributed by atoms with Crippen LogP contribution in [0.15, 0.2) is 16.9 Å². The first-order chi connectivity index (χ1) is 15.4. The Morgan fingerprint density at radius 2 is 1.97 bits per heavy atom. The van der Waals surface area contributed by atoms with Crippen molar-refractivity contribution in [3.8, 4) is 5.75 Å². The van der Waals surface area contributed by atoms with Crippen LogP contribution in [0.1, 0.15) is 30.4 Å². The molecule has 0 atom stereocenters. The number of β-amino-alcohol motifs (C(OH)–C–C–N with tert-alkyl or cyclic N) is 1. The van der Waals surface area contributed by atoms with E-state index >= 15 is 0 Å². The Kier molecular flexibility index (Phi) is 4.85. The topological polar surface area (TPSA) is 113 Å². The van der Waals surface area contributed by atoms with Gasteiger partial charge in [-0.1, -0.05) is 0 Å². The van der Waals surface area contributed by atoms with Crippen molar-refractivity contribution in [1.29, 1.82) is 0 Å². The maximum absolute atomic E-state index is 15.0. The first-order valence-electron chi connectivity index (χ1n) is 10.9. The number of nitrogens with zero attached hydrogens (tertiary/aromatic N) is 4. The van der Waals surface area contributed by atoms with Crippen molar-refractivity contribution in [3.05, 3.63) is 39.4 Å². The summed E-state index contributed by atoms with van der Waals surface area (Å²) in [5.41, 5.74) is -0.0658. The number of aromatic nitrogens is 2. The van der Waals surface area contributed by atoms with Crippen LogP contribution < -0.4 is 20.3 Å². The predicted molar refractivity (Wildman–Crippen MR) is 116 cm³/mol. The number of anilines is 3. The first-order valence-corrected chi connectivity index (χ1v) is 10.9. The van der Waals surface area contributed by atoms with Gasteiger partial charge in [0.25, 0.3) is 5.56 Å². The molecule has 10 heteroatoms. The smallest absolute Gasteiger partial charge is 0.257 e. The fourth-order valence-corrected chi connectivity index (χ4v) is 5.38. The van der Waals surface area contributed by atoms with Gasteiger partial charge in [-0.05, 0) is 25.7 Å². The van der Waals surface area contributed by atoms with Crippen molar-refractivity contribution >= 4 is 23.4 Å². The van der Waals surface area contributed by atoms with Gasteiger partial charge in [0.2, 0.25) is 11.9 Å². The van der Waals surface area contributed by atoms with E-state index in [1.165, 1.54) is 11.0 Å². The highest BCUT2D eigenvalue weighted by molar-refractivity contribution is 6.08. The summed E-state index contributed by atoms with van der Waals surface area (Å²) in [4.78, 5) is 38.8. The molecule has 2 aromatic rings. The fraction of sp³-hybridized carbons (Fsp3) is 0.500. The van der Waals surface area contributed by atoms with Gasteiger partial charge in [0.1, 0.15) is 11.6 Å². The Morgan fingerprint density at radius 3 is 2.69 bits per heavy atom. The minimum atomic E-state index is -1.09. The fourth-order valence-electron chi connectivity index (χ4n) is 5.38. The molecule has 0 aliphatic carbocycles. The van der Waals surface area contributed by atoms with E-state index in [-0.39, 0.29) is 35.9 Å². The van der Waals surface area contributed by atoms with Crippen LogP contribution in [-0.4, -0.2) is 60.8 Å². The Bertz CT molecular complexity index is 1140. The number of nitrogens with one attached hydrogen (secondary N) is 1. The van der Waals surface area contributed by atoms with Gasteiger partial charge in [-0.2, -0.15) is 4.98 Å². The molecule has 1 amide bonds. The van der Waals surface area contributed by atoms with Crippen LogP contribution in [0, 0.1) is 5.82 Å². The lowest BCUT2D eigenvalue weighted by molar-refractivity contribution is -0.124. The molecular weight excluding hydrogens is 417 g/mol. The van der Waals surface area contributed by atoms with Gasteiger partial charge in [0.15, 0.2) is 5.75 Å². The summed E-state index contributed by atoms with van der Waals surface area (Å²) in [5.74, 6) is -0.355. The average molecular weight is 442 g/mol. The Morgan fingerprint density at radius 1 is 1.22 bits per heavy atom. The van der Waals surface area contributed by atoms with Gasteiger partial charge in [-0.15, -0.1) is 0 Å². The summed E-state index contributed by atoms with van der Waals surface area (Å²) in [7, 11) is 1.91. The summed E-state index contributed by atoms with van der Waals surface area (Å²) < 4.78 is 15.0. The van der Waals surface area contributed by atoms with Crippen LogP contribution in [0.25, 0.3) is 0 Å². The number of piperidine rings is 1. The van der Waals surface area contributed by atoms with E-state index in [4.69, 9.17) is 0 Å². The van der Waals surface area contributed by atoms with Gasteiger partial charge in [0, 0.05) is 50.9 Å². The third-order valence-corrected chi connectivity index (χ3v) is 6.97. The lowest BCUT2D eigenvalue weighted by Crippen LogP contribution is -2.50. The van der Waals surface area contributed by atoms with Crippen molar-refractivity contribution in [2.24, 2.45) is 0 Å². The van der Waals surface area contributed by atoms with Crippen molar-refractivity contribution in [1.82, 2.24) is 9.97 Å². The highest BCUT2D eigenvalue weighted by atomic mass is 19.1. The largest absolute Gasteiger partial charge is 0.395 e. The molecule has 1 radical (unpaired) electrons. The molecule has 169 valence electrons. The molecule has 5 rings (SSSR count). The summed E-state index contributed by atoms with van der Waals surface area (Å²) in [6.07, 6.45) is 2.22. The quantitative estimate of drug-likeness (QED) is 0.741. The van der Waals surface area contributed by atoms with Crippen LogP contribution in [-0.2, 0) is 21.7 Å². The molecular formula is C22H25FN5O4. The maximum Gasteiger partial charge on any atom is 0.257 e. The molecule has 3 aliphatic rings. The summed E-state index contributed by atoms with van der Waals surface area (Å²) in [6.45, 7) is 1.33. The highest BCUT2D eigenvalue weighted by Crippen LogP contribution is 2.50. The zero-order chi connectivity index (χ0) is 22.6. The second-order valence-electron chi connectivity index (χ2n) is 8.77. The first kappa shape index (κ1) is 20.7. The number of hydrogen-bond acceptors (Lipinski definition) is 6. The minimum absolute atomic E-state index is 0.00617. The molecule has 1 aromatic heterocycles. The number of aliphatic hydroxyl groups is 1. The molecule has 3 aliphatic heterocycles. The molecule has 2 N–H and O–H groups in total. The minimum Gasteiger partial charge on any atom is -0.395 e. The van der Waals surface area contributed by atoms with Crippen molar-refractivity contribution in [3.63, 3.8) is 0 Å². The van der Waals surface area contributed by atoms with Gasteiger partial charge in [-0.25, -0.2) is 4.39 Å². The molecule has 0 unspecified atom stereocenters. The zero-order valence-electron chi connectivity index (χ0n) is 17.9. The molecule has 1 spiro atoms. The van der Waals surface area contributed by atoms with E-state index in [0.717, 1.165) is 19.0 Å². The monoisotopic (exact) mass is 442 g/mol. The van der Waals surface area contributed by atoms with E-state index in [2.05, 4.69) is 9.97 Å². The number of rotatable bonds is 3. The van der Waals surface area contributed by atoms with Crippen molar-refractivity contribution in [2.45, 2.75) is 31.1 Å². The molecule has 9 nitrogen and oxygen atoms in total. The number of fused-ring (bicyclic) bond motifs is 3. The lowest BCUT2D eigenvalue weighted by atomic mass is 9.73. The molecule has 1 saturated heterocycles. The zero-order valence-corrected chi connectivity index (χ0v) is 17.9. The summed E-state index contributed by atoms with van der Waals surface area (Å²) in [5, 5.41) is 21.3. The molecule has 32 heavy (non-hydrogen) atoms. The van der Waals surface area contributed by atoms with Gasteiger partial charge in [0.05, 0.1) is 23.3 Å². The van der Waals surface area contributed by atoms with E-state index in [1.807, 2.05) is 16.8 Å². The number of benzene rings is 1. The van der Waals surface area contributed by atoms with E-state index in [0.29, 0.717) is 49.7 Å². The van der Waals surface area contributed by atoms with Gasteiger partial charge >= 0.3 is 0 Å². The average Bonchev–Trinajstić information content (AvgIpc) is 2.98. The Labute approximate surface area is 184 Å². The van der Waals surface area contributed by atoms with E-state index in [9.17, 15) is 24.2 Å². The Hall–Kier alpha value is -3.14. The number of aromatic amines is 1. The molecule has 0 bridgehead atoms. The summed E-state index contributed by atoms with van der Waals surface area (Å²) in [6, 6.07) is 2.19. The van der Waals surface area contributed by atoms with Crippen molar-refractivity contribution < 1.29 is 19.4 Å². The second-order valence-corrected chi connectivity index (χ2v) is 8.77. The maximum atomic E-state index is 15.0. The molecule has 4 heterocycles. The van der Waals surface area contributed by atoms with E-state index < -0.39 is 17.0 Å². The van der Waals surface area contributed by atoms with Crippen LogP contribution in [0.5, 0.6) is 5.75 Å². The van der Waals surface area contributed by atoms with Crippen LogP contribution >= 0.6 is 0 Å². The van der Waals surface area contributed by atoms with Gasteiger partial charge < -0.3 is 19.8 Å². The number of H-pyrrole nitrogens is 1. The Balaban J connectivity index is 1.47. The number of aliphatic hydroxyl groups excluding tert-OH is 1. The second kappa shape index (κ2) is 7.47. The predicted octanol–water partition coefficient (Wildman–Crippen LogP) is 1.31. The number of carbonyl (C=O) groups excluding carboxylic acids is 1. The molecule has 1 aromatic carbocycles. The van der Waals surface area contributed by atoms with Crippen LogP contribution in [0.3, 0.4) is 0 Å².